The van der Waals surface area contributed by atoms with Crippen LogP contribution in [-0.2, 0) is 4.79 Å². The van der Waals surface area contributed by atoms with Crippen LogP contribution in [0.25, 0.3) is 0 Å². The first kappa shape index (κ1) is 18.1. The summed E-state index contributed by atoms with van der Waals surface area (Å²) in [6.07, 6.45) is 2.07. The average Bonchev–Trinajstić information content (AvgIpc) is 2.20. The topological polar surface area (TPSA) is 55.1 Å². The van der Waals surface area contributed by atoms with Crippen LogP contribution in [0.2, 0.25) is 0 Å². The molecule has 1 heterocycles. The summed E-state index contributed by atoms with van der Waals surface area (Å²) in [6.45, 7) is 7.94. The smallest absolute Gasteiger partial charge is 0.225 e. The molecule has 0 saturated carbocycles. The zero-order valence-electron chi connectivity index (χ0n) is 10.5. The van der Waals surface area contributed by atoms with Gasteiger partial charge in [0.2, 0.25) is 5.91 Å². The van der Waals surface area contributed by atoms with Crippen molar-refractivity contribution in [1.82, 2.24) is 9.80 Å². The Kier molecular flexibility index (Phi) is 9.92. The van der Waals surface area contributed by atoms with Crippen molar-refractivity contribution in [1.29, 1.82) is 0 Å². The molecule has 0 atom stereocenters. The highest BCUT2D eigenvalue weighted by Gasteiger charge is 2.25. The Morgan fingerprint density at radius 1 is 1.25 bits per heavy atom. The highest BCUT2D eigenvalue weighted by atomic mass is 35.5. The summed E-state index contributed by atoms with van der Waals surface area (Å²) in [6, 6.07) is 0. The first-order valence-electron chi connectivity index (χ1n) is 5.66. The van der Waals surface area contributed by atoms with Crippen molar-refractivity contribution in [2.75, 3.05) is 33.2 Å². The van der Waals surface area contributed by atoms with Crippen molar-refractivity contribution in [2.24, 2.45) is 5.92 Å². The Hall–Kier alpha value is -0.320. The second kappa shape index (κ2) is 8.79. The summed E-state index contributed by atoms with van der Waals surface area (Å²) in [5.41, 5.74) is 0. The quantitative estimate of drug-likeness (QED) is 0.746. The predicted molar refractivity (Wildman–Crippen MR) is 69.0 cm³/mol. The maximum Gasteiger partial charge on any atom is 0.225 e. The van der Waals surface area contributed by atoms with E-state index in [4.69, 9.17) is 0 Å². The number of rotatable bonds is 3. The van der Waals surface area contributed by atoms with E-state index in [2.05, 4.69) is 25.8 Å². The van der Waals surface area contributed by atoms with E-state index in [1.54, 1.807) is 0 Å². The summed E-state index contributed by atoms with van der Waals surface area (Å²) < 4.78 is 0. The van der Waals surface area contributed by atoms with Crippen molar-refractivity contribution < 1.29 is 10.3 Å². The molecule has 0 spiro atoms. The fourth-order valence-electron chi connectivity index (χ4n) is 2.05. The Bertz CT molecular complexity index is 190. The highest BCUT2D eigenvalue weighted by Crippen LogP contribution is 2.18. The molecule has 1 aliphatic rings. The Morgan fingerprint density at radius 2 is 1.69 bits per heavy atom. The number of carbonyl (C=O) groups excluding carboxylic acids is 1. The van der Waals surface area contributed by atoms with Gasteiger partial charge in [0.05, 0.1) is 0 Å². The lowest BCUT2D eigenvalue weighted by molar-refractivity contribution is -0.136. The van der Waals surface area contributed by atoms with Crippen LogP contribution in [0.5, 0.6) is 0 Å². The molecular weight excluding hydrogens is 228 g/mol. The standard InChI is InChI=1S/C11H22N2O.ClH.H2O/c1-4-13(5-2)11(14)10-6-8-12(3)9-7-10;;/h10H,4-9H2,1-3H3;1H;1H2. The molecule has 1 aliphatic heterocycles. The number of carbonyl (C=O) groups is 1. The third-order valence-corrected chi connectivity index (χ3v) is 3.14. The summed E-state index contributed by atoms with van der Waals surface area (Å²) in [5.74, 6) is 0.647. The summed E-state index contributed by atoms with van der Waals surface area (Å²) in [7, 11) is 2.12. The lowest BCUT2D eigenvalue weighted by atomic mass is 9.95. The van der Waals surface area contributed by atoms with Crippen LogP contribution in [0.15, 0.2) is 0 Å². The van der Waals surface area contributed by atoms with E-state index >= 15 is 0 Å². The Morgan fingerprint density at radius 3 is 2.06 bits per heavy atom. The van der Waals surface area contributed by atoms with E-state index < -0.39 is 0 Å². The van der Waals surface area contributed by atoms with Gasteiger partial charge < -0.3 is 15.3 Å². The summed E-state index contributed by atoms with van der Waals surface area (Å²) >= 11 is 0. The zero-order valence-corrected chi connectivity index (χ0v) is 11.3. The van der Waals surface area contributed by atoms with Crippen molar-refractivity contribution in [2.45, 2.75) is 26.7 Å². The van der Waals surface area contributed by atoms with Crippen molar-refractivity contribution in [3.63, 3.8) is 0 Å². The molecule has 4 nitrogen and oxygen atoms in total. The molecule has 0 aromatic carbocycles. The molecule has 0 aromatic heterocycles. The Balaban J connectivity index is 0. The molecule has 0 bridgehead atoms. The first-order valence-corrected chi connectivity index (χ1v) is 5.66. The highest BCUT2D eigenvalue weighted by molar-refractivity contribution is 5.85. The molecule has 0 unspecified atom stereocenters. The summed E-state index contributed by atoms with van der Waals surface area (Å²) in [5, 5.41) is 0. The van der Waals surface area contributed by atoms with E-state index in [0.717, 1.165) is 39.0 Å². The van der Waals surface area contributed by atoms with E-state index in [0.29, 0.717) is 5.91 Å². The molecule has 16 heavy (non-hydrogen) atoms. The normalized spacial score (nSPS) is 17.2. The maximum absolute atomic E-state index is 12.0. The van der Waals surface area contributed by atoms with Gasteiger partial charge in [-0.1, -0.05) is 0 Å². The minimum Gasteiger partial charge on any atom is -0.412 e. The zero-order chi connectivity index (χ0) is 10.6. The predicted octanol–water partition coefficient (Wildman–Crippen LogP) is 0.794. The number of halogens is 1. The average molecular weight is 253 g/mol. The number of hydrogen-bond donors (Lipinski definition) is 0. The SMILES string of the molecule is CCN(CC)C(=O)C1CCN(C)CC1.Cl.O. The largest absolute Gasteiger partial charge is 0.412 e. The van der Waals surface area contributed by atoms with Crippen LogP contribution in [-0.4, -0.2) is 54.4 Å². The third-order valence-electron chi connectivity index (χ3n) is 3.14. The van der Waals surface area contributed by atoms with Crippen LogP contribution in [0.1, 0.15) is 26.7 Å². The number of piperidine rings is 1. The van der Waals surface area contributed by atoms with Gasteiger partial charge in [-0.2, -0.15) is 0 Å². The molecule has 1 amide bonds. The van der Waals surface area contributed by atoms with E-state index in [-0.39, 0.29) is 23.8 Å². The first-order chi connectivity index (χ1) is 6.69. The van der Waals surface area contributed by atoms with Gasteiger partial charge >= 0.3 is 0 Å². The van der Waals surface area contributed by atoms with Gasteiger partial charge in [0.25, 0.3) is 0 Å². The molecule has 5 heteroatoms. The number of likely N-dealkylation sites (tertiary alicyclic amines) is 1. The van der Waals surface area contributed by atoms with Gasteiger partial charge in [0, 0.05) is 19.0 Å². The molecule has 0 aliphatic carbocycles. The van der Waals surface area contributed by atoms with Gasteiger partial charge in [0.15, 0.2) is 0 Å². The van der Waals surface area contributed by atoms with Crippen LogP contribution in [0.4, 0.5) is 0 Å². The second-order valence-corrected chi connectivity index (χ2v) is 4.09. The van der Waals surface area contributed by atoms with Crippen molar-refractivity contribution in [3.05, 3.63) is 0 Å². The minimum atomic E-state index is 0. The van der Waals surface area contributed by atoms with Crippen molar-refractivity contribution >= 4 is 18.3 Å². The Labute approximate surface area is 105 Å². The van der Waals surface area contributed by atoms with E-state index in [9.17, 15) is 4.79 Å². The van der Waals surface area contributed by atoms with Gasteiger partial charge in [-0.3, -0.25) is 4.79 Å². The third kappa shape index (κ3) is 4.68. The lowest BCUT2D eigenvalue weighted by Crippen LogP contribution is -2.41. The van der Waals surface area contributed by atoms with E-state index in [1.807, 2.05) is 4.90 Å². The van der Waals surface area contributed by atoms with Crippen LogP contribution in [0, 0.1) is 5.92 Å². The molecule has 98 valence electrons. The molecule has 0 radical (unpaired) electrons. The van der Waals surface area contributed by atoms with Crippen molar-refractivity contribution in [3.8, 4) is 0 Å². The number of amides is 1. The molecule has 1 rings (SSSR count). The fourth-order valence-corrected chi connectivity index (χ4v) is 2.05. The van der Waals surface area contributed by atoms with Gasteiger partial charge in [0.1, 0.15) is 0 Å². The number of nitrogens with zero attached hydrogens (tertiary/aromatic N) is 2. The molecule has 1 fully saturated rings. The summed E-state index contributed by atoms with van der Waals surface area (Å²) in [4.78, 5) is 16.2. The van der Waals surface area contributed by atoms with Crippen LogP contribution >= 0.6 is 12.4 Å². The molecule has 1 saturated heterocycles. The van der Waals surface area contributed by atoms with Gasteiger partial charge in [-0.05, 0) is 46.8 Å². The monoisotopic (exact) mass is 252 g/mol. The second-order valence-electron chi connectivity index (χ2n) is 4.09. The molecular formula is C11H25ClN2O2. The minimum absolute atomic E-state index is 0. The number of hydrogen-bond acceptors (Lipinski definition) is 2. The van der Waals surface area contributed by atoms with Crippen LogP contribution in [0.3, 0.4) is 0 Å². The molecule has 2 N–H and O–H groups in total. The lowest BCUT2D eigenvalue weighted by Gasteiger charge is -2.31. The van der Waals surface area contributed by atoms with Crippen LogP contribution < -0.4 is 0 Å². The van der Waals surface area contributed by atoms with Gasteiger partial charge in [-0.25, -0.2) is 0 Å². The molecule has 0 aromatic rings. The van der Waals surface area contributed by atoms with E-state index in [1.165, 1.54) is 0 Å². The van der Waals surface area contributed by atoms with Gasteiger partial charge in [-0.15, -0.1) is 12.4 Å². The fraction of sp³-hybridized carbons (Fsp3) is 0.909. The maximum atomic E-state index is 12.0.